The van der Waals surface area contributed by atoms with Crippen LogP contribution < -0.4 is 9.62 Å². The predicted molar refractivity (Wildman–Crippen MR) is 79.1 cm³/mol. The van der Waals surface area contributed by atoms with E-state index in [4.69, 9.17) is 0 Å². The Balaban J connectivity index is 1.47. The zero-order valence-electron chi connectivity index (χ0n) is 11.5. The van der Waals surface area contributed by atoms with Gasteiger partial charge in [0.2, 0.25) is 10.0 Å². The van der Waals surface area contributed by atoms with Gasteiger partial charge in [-0.3, -0.25) is 0 Å². The van der Waals surface area contributed by atoms with Gasteiger partial charge in [0.1, 0.15) is 5.82 Å². The molecular formula is C14H21N3O2S. The number of nitrogens with one attached hydrogen (secondary N) is 1. The second-order valence-electron chi connectivity index (χ2n) is 5.71. The number of piperidine rings is 1. The van der Waals surface area contributed by atoms with Gasteiger partial charge in [0.05, 0.1) is 5.25 Å². The Kier molecular flexibility index (Phi) is 3.94. The molecule has 0 atom stereocenters. The molecule has 0 radical (unpaired) electrons. The Labute approximate surface area is 120 Å². The maximum absolute atomic E-state index is 11.8. The zero-order chi connectivity index (χ0) is 14.0. The number of nitrogens with zero attached hydrogens (tertiary/aromatic N) is 2. The van der Waals surface area contributed by atoms with Crippen molar-refractivity contribution in [1.82, 2.24) is 9.71 Å². The molecule has 1 aliphatic heterocycles. The van der Waals surface area contributed by atoms with Crippen LogP contribution in [0.25, 0.3) is 0 Å². The lowest BCUT2D eigenvalue weighted by atomic mass is 9.97. The van der Waals surface area contributed by atoms with Crippen LogP contribution in [0.1, 0.15) is 25.7 Å². The van der Waals surface area contributed by atoms with Crippen molar-refractivity contribution in [1.29, 1.82) is 0 Å². The lowest BCUT2D eigenvalue weighted by molar-refractivity contribution is 0.400. The van der Waals surface area contributed by atoms with Gasteiger partial charge >= 0.3 is 0 Å². The predicted octanol–water partition coefficient (Wildman–Crippen LogP) is 1.38. The number of pyridine rings is 1. The topological polar surface area (TPSA) is 62.3 Å². The van der Waals surface area contributed by atoms with Crippen molar-refractivity contribution in [2.24, 2.45) is 5.92 Å². The number of sulfonamides is 1. The summed E-state index contributed by atoms with van der Waals surface area (Å²) in [4.78, 5) is 6.63. The number of rotatable bonds is 5. The van der Waals surface area contributed by atoms with E-state index in [1.54, 1.807) is 0 Å². The largest absolute Gasteiger partial charge is 0.357 e. The first-order valence-electron chi connectivity index (χ1n) is 7.29. The Hall–Kier alpha value is -1.14. The summed E-state index contributed by atoms with van der Waals surface area (Å²) in [6.07, 6.45) is 5.50. The highest BCUT2D eigenvalue weighted by Crippen LogP contribution is 2.28. The second kappa shape index (κ2) is 5.69. The fourth-order valence-electron chi connectivity index (χ4n) is 2.64. The van der Waals surface area contributed by atoms with Crippen LogP contribution in [0.5, 0.6) is 0 Å². The molecule has 1 saturated carbocycles. The van der Waals surface area contributed by atoms with Crippen LogP contribution in [0, 0.1) is 5.92 Å². The van der Waals surface area contributed by atoms with Crippen LogP contribution in [0.15, 0.2) is 24.4 Å². The molecule has 1 saturated heterocycles. The van der Waals surface area contributed by atoms with Gasteiger partial charge < -0.3 is 4.90 Å². The smallest absolute Gasteiger partial charge is 0.214 e. The SMILES string of the molecule is O=S(=O)(NCC1CCN(c2ccccn2)CC1)C1CC1. The molecule has 0 aromatic carbocycles. The van der Waals surface area contributed by atoms with Gasteiger partial charge in [-0.1, -0.05) is 6.07 Å². The average Bonchev–Trinajstić information content (AvgIpc) is 3.32. The van der Waals surface area contributed by atoms with E-state index < -0.39 is 10.0 Å². The van der Waals surface area contributed by atoms with E-state index in [0.29, 0.717) is 12.5 Å². The third-order valence-electron chi connectivity index (χ3n) is 4.12. The summed E-state index contributed by atoms with van der Waals surface area (Å²) < 4.78 is 26.4. The van der Waals surface area contributed by atoms with Gasteiger partial charge in [-0.2, -0.15) is 0 Å². The summed E-state index contributed by atoms with van der Waals surface area (Å²) in [7, 11) is -3.03. The van der Waals surface area contributed by atoms with E-state index in [-0.39, 0.29) is 5.25 Å². The summed E-state index contributed by atoms with van der Waals surface area (Å²) >= 11 is 0. The van der Waals surface area contributed by atoms with E-state index in [9.17, 15) is 8.42 Å². The van der Waals surface area contributed by atoms with Crippen molar-refractivity contribution in [3.8, 4) is 0 Å². The summed E-state index contributed by atoms with van der Waals surface area (Å²) in [5.41, 5.74) is 0. The van der Waals surface area contributed by atoms with Crippen LogP contribution in [-0.4, -0.2) is 38.3 Å². The fraction of sp³-hybridized carbons (Fsp3) is 0.643. The molecule has 110 valence electrons. The molecular weight excluding hydrogens is 274 g/mol. The van der Waals surface area contributed by atoms with E-state index >= 15 is 0 Å². The monoisotopic (exact) mass is 295 g/mol. The van der Waals surface area contributed by atoms with Gasteiger partial charge in [0, 0.05) is 25.8 Å². The van der Waals surface area contributed by atoms with Gasteiger partial charge in [-0.15, -0.1) is 0 Å². The van der Waals surface area contributed by atoms with Gasteiger partial charge in [-0.05, 0) is 43.7 Å². The van der Waals surface area contributed by atoms with Crippen molar-refractivity contribution in [2.75, 3.05) is 24.5 Å². The minimum atomic E-state index is -3.03. The molecule has 5 nitrogen and oxygen atoms in total. The molecule has 1 aliphatic carbocycles. The third-order valence-corrected chi connectivity index (χ3v) is 6.04. The minimum absolute atomic E-state index is 0.115. The van der Waals surface area contributed by atoms with Crippen molar-refractivity contribution < 1.29 is 8.42 Å². The number of aromatic nitrogens is 1. The molecule has 0 unspecified atom stereocenters. The Morgan fingerprint density at radius 2 is 1.95 bits per heavy atom. The molecule has 2 heterocycles. The molecule has 1 N–H and O–H groups in total. The van der Waals surface area contributed by atoms with Crippen molar-refractivity contribution >= 4 is 15.8 Å². The van der Waals surface area contributed by atoms with E-state index in [2.05, 4.69) is 14.6 Å². The molecule has 3 rings (SSSR count). The zero-order valence-corrected chi connectivity index (χ0v) is 12.3. The summed E-state index contributed by atoms with van der Waals surface area (Å²) in [5, 5.41) is -0.115. The molecule has 1 aromatic heterocycles. The van der Waals surface area contributed by atoms with Crippen molar-refractivity contribution in [3.05, 3.63) is 24.4 Å². The highest BCUT2D eigenvalue weighted by molar-refractivity contribution is 7.90. The average molecular weight is 295 g/mol. The van der Waals surface area contributed by atoms with Crippen LogP contribution in [-0.2, 0) is 10.0 Å². The maximum atomic E-state index is 11.8. The van der Waals surface area contributed by atoms with Crippen LogP contribution in [0.2, 0.25) is 0 Å². The lowest BCUT2D eigenvalue weighted by Crippen LogP contribution is -2.39. The first kappa shape index (κ1) is 13.8. The molecule has 20 heavy (non-hydrogen) atoms. The van der Waals surface area contributed by atoms with E-state index in [0.717, 1.165) is 44.6 Å². The molecule has 2 aliphatic rings. The highest BCUT2D eigenvalue weighted by Gasteiger charge is 2.35. The van der Waals surface area contributed by atoms with Crippen LogP contribution in [0.4, 0.5) is 5.82 Å². The number of hydrogen-bond donors (Lipinski definition) is 1. The quantitative estimate of drug-likeness (QED) is 0.891. The number of anilines is 1. The summed E-state index contributed by atoms with van der Waals surface area (Å²) in [6.45, 7) is 2.49. The number of hydrogen-bond acceptors (Lipinski definition) is 4. The molecule has 0 amide bonds. The standard InChI is InChI=1S/C14H21N3O2S/c18-20(19,13-4-5-13)16-11-12-6-9-17(10-7-12)14-3-1-2-8-15-14/h1-3,8,12-13,16H,4-7,9-11H2. The highest BCUT2D eigenvalue weighted by atomic mass is 32.2. The molecule has 0 bridgehead atoms. The first-order valence-corrected chi connectivity index (χ1v) is 8.84. The van der Waals surface area contributed by atoms with Gasteiger partial charge in [0.25, 0.3) is 0 Å². The van der Waals surface area contributed by atoms with Crippen molar-refractivity contribution in [3.63, 3.8) is 0 Å². The Morgan fingerprint density at radius 1 is 1.20 bits per heavy atom. The summed E-state index contributed by atoms with van der Waals surface area (Å²) in [6, 6.07) is 5.94. The first-order chi connectivity index (χ1) is 9.65. The Morgan fingerprint density at radius 3 is 2.55 bits per heavy atom. The second-order valence-corrected chi connectivity index (χ2v) is 7.76. The van der Waals surface area contributed by atoms with Crippen molar-refractivity contribution in [2.45, 2.75) is 30.9 Å². The van der Waals surface area contributed by atoms with Crippen LogP contribution in [0.3, 0.4) is 0 Å². The lowest BCUT2D eigenvalue weighted by Gasteiger charge is -2.32. The molecule has 6 heteroatoms. The van der Waals surface area contributed by atoms with Crippen LogP contribution >= 0.6 is 0 Å². The van der Waals surface area contributed by atoms with Gasteiger partial charge in [0.15, 0.2) is 0 Å². The van der Waals surface area contributed by atoms with Gasteiger partial charge in [-0.25, -0.2) is 18.1 Å². The van der Waals surface area contributed by atoms with E-state index in [1.165, 1.54) is 0 Å². The minimum Gasteiger partial charge on any atom is -0.357 e. The summed E-state index contributed by atoms with van der Waals surface area (Å²) in [5.74, 6) is 1.47. The fourth-order valence-corrected chi connectivity index (χ4v) is 4.10. The molecule has 1 aromatic rings. The molecule has 2 fully saturated rings. The molecule has 0 spiro atoms. The van der Waals surface area contributed by atoms with E-state index in [1.807, 2.05) is 24.4 Å². The maximum Gasteiger partial charge on any atom is 0.214 e. The third kappa shape index (κ3) is 3.30. The normalized spacial score (nSPS) is 21.1. The Bertz CT molecular complexity index is 535.